The van der Waals surface area contributed by atoms with Crippen LogP contribution in [0.1, 0.15) is 19.3 Å². The number of halogens is 2. The normalized spacial score (nSPS) is 22.9. The summed E-state index contributed by atoms with van der Waals surface area (Å²) in [5, 5.41) is 2.60. The summed E-state index contributed by atoms with van der Waals surface area (Å²) in [5.41, 5.74) is 5.98. The molecule has 0 aliphatic heterocycles. The molecule has 2 unspecified atom stereocenters. The fourth-order valence-electron chi connectivity index (χ4n) is 2.05. The molecule has 1 aromatic carbocycles. The van der Waals surface area contributed by atoms with Gasteiger partial charge in [-0.2, -0.15) is 0 Å². The van der Waals surface area contributed by atoms with E-state index in [1.54, 1.807) is 18.2 Å². The number of anilines is 1. The zero-order chi connectivity index (χ0) is 11.5. The molecule has 1 fully saturated rings. The van der Waals surface area contributed by atoms with Crippen molar-refractivity contribution in [2.45, 2.75) is 25.3 Å². The van der Waals surface area contributed by atoms with Gasteiger partial charge in [0.05, 0.1) is 5.69 Å². The van der Waals surface area contributed by atoms with E-state index in [9.17, 15) is 9.18 Å². The SMILES string of the molecule is Cl.NC1CCC(C(=O)Nc2ccccc2F)C1. The zero-order valence-electron chi connectivity index (χ0n) is 9.36. The third-order valence-electron chi connectivity index (χ3n) is 2.98. The van der Waals surface area contributed by atoms with Crippen LogP contribution >= 0.6 is 12.4 Å². The Kier molecular flexibility index (Phi) is 4.90. The van der Waals surface area contributed by atoms with Gasteiger partial charge in [-0.1, -0.05) is 12.1 Å². The number of benzene rings is 1. The summed E-state index contributed by atoms with van der Waals surface area (Å²) in [6.45, 7) is 0. The lowest BCUT2D eigenvalue weighted by Gasteiger charge is -2.11. The molecule has 1 amide bonds. The first kappa shape index (κ1) is 13.9. The second-order valence-corrected chi connectivity index (χ2v) is 4.24. The van der Waals surface area contributed by atoms with Crippen LogP contribution in [0.2, 0.25) is 0 Å². The van der Waals surface area contributed by atoms with E-state index in [0.29, 0.717) is 6.42 Å². The third kappa shape index (κ3) is 3.41. The largest absolute Gasteiger partial charge is 0.328 e. The van der Waals surface area contributed by atoms with Crippen LogP contribution < -0.4 is 11.1 Å². The minimum Gasteiger partial charge on any atom is -0.328 e. The van der Waals surface area contributed by atoms with Gasteiger partial charge in [-0.25, -0.2) is 4.39 Å². The molecule has 3 nitrogen and oxygen atoms in total. The minimum absolute atomic E-state index is 0. The number of nitrogens with one attached hydrogen (secondary N) is 1. The maximum absolute atomic E-state index is 13.3. The summed E-state index contributed by atoms with van der Waals surface area (Å²) in [7, 11) is 0. The second-order valence-electron chi connectivity index (χ2n) is 4.24. The van der Waals surface area contributed by atoms with Crippen molar-refractivity contribution in [3.63, 3.8) is 0 Å². The predicted molar refractivity (Wildman–Crippen MR) is 67.6 cm³/mol. The molecular weight excluding hydrogens is 243 g/mol. The molecule has 94 valence electrons. The van der Waals surface area contributed by atoms with Gasteiger partial charge < -0.3 is 11.1 Å². The van der Waals surface area contributed by atoms with Gasteiger partial charge in [0, 0.05) is 12.0 Å². The summed E-state index contributed by atoms with van der Waals surface area (Å²) in [6, 6.07) is 6.28. The van der Waals surface area contributed by atoms with E-state index in [1.807, 2.05) is 0 Å². The van der Waals surface area contributed by atoms with Gasteiger partial charge in [0.1, 0.15) is 5.82 Å². The summed E-state index contributed by atoms with van der Waals surface area (Å²) in [6.07, 6.45) is 2.36. The molecule has 2 atom stereocenters. The molecule has 17 heavy (non-hydrogen) atoms. The number of carbonyl (C=O) groups excluding carboxylic acids is 1. The van der Waals surface area contributed by atoms with Crippen molar-refractivity contribution < 1.29 is 9.18 Å². The van der Waals surface area contributed by atoms with Gasteiger partial charge in [0.2, 0.25) is 5.91 Å². The third-order valence-corrected chi connectivity index (χ3v) is 2.98. The van der Waals surface area contributed by atoms with E-state index < -0.39 is 5.82 Å². The first-order chi connectivity index (χ1) is 7.66. The summed E-state index contributed by atoms with van der Waals surface area (Å²) < 4.78 is 13.3. The van der Waals surface area contributed by atoms with E-state index in [2.05, 4.69) is 5.32 Å². The van der Waals surface area contributed by atoms with E-state index in [1.165, 1.54) is 6.07 Å². The monoisotopic (exact) mass is 258 g/mol. The van der Waals surface area contributed by atoms with Crippen molar-refractivity contribution in [2.24, 2.45) is 11.7 Å². The van der Waals surface area contributed by atoms with Crippen LogP contribution in [-0.2, 0) is 4.79 Å². The van der Waals surface area contributed by atoms with Crippen molar-refractivity contribution in [2.75, 3.05) is 5.32 Å². The fourth-order valence-corrected chi connectivity index (χ4v) is 2.05. The van der Waals surface area contributed by atoms with Crippen LogP contribution in [-0.4, -0.2) is 11.9 Å². The molecule has 1 saturated carbocycles. The standard InChI is InChI=1S/C12H15FN2O.ClH/c13-10-3-1-2-4-11(10)15-12(16)8-5-6-9(14)7-8;/h1-4,8-9H,5-7,14H2,(H,15,16);1H. The van der Waals surface area contributed by atoms with Gasteiger partial charge in [0.15, 0.2) is 0 Å². The van der Waals surface area contributed by atoms with Crippen molar-refractivity contribution in [3.05, 3.63) is 30.1 Å². The molecule has 1 aliphatic carbocycles. The first-order valence-corrected chi connectivity index (χ1v) is 5.48. The second kappa shape index (κ2) is 5.98. The molecule has 5 heteroatoms. The molecular formula is C12H16ClFN2O. The lowest BCUT2D eigenvalue weighted by atomic mass is 10.1. The maximum atomic E-state index is 13.3. The Morgan fingerprint density at radius 1 is 1.35 bits per heavy atom. The van der Waals surface area contributed by atoms with Gasteiger partial charge in [-0.05, 0) is 31.4 Å². The lowest BCUT2D eigenvalue weighted by Crippen LogP contribution is -2.23. The number of rotatable bonds is 2. The van der Waals surface area contributed by atoms with Crippen molar-refractivity contribution >= 4 is 24.0 Å². The Labute approximate surface area is 106 Å². The number of hydrogen-bond donors (Lipinski definition) is 2. The Morgan fingerprint density at radius 3 is 2.65 bits per heavy atom. The van der Waals surface area contributed by atoms with Gasteiger partial charge in [0.25, 0.3) is 0 Å². The van der Waals surface area contributed by atoms with E-state index in [-0.39, 0.29) is 36.0 Å². The van der Waals surface area contributed by atoms with Gasteiger partial charge in [-0.15, -0.1) is 12.4 Å². The molecule has 0 saturated heterocycles. The maximum Gasteiger partial charge on any atom is 0.227 e. The van der Waals surface area contributed by atoms with Crippen LogP contribution in [0.3, 0.4) is 0 Å². The predicted octanol–water partition coefficient (Wildman–Crippen LogP) is 2.31. The Balaban J connectivity index is 0.00000144. The molecule has 0 bridgehead atoms. The molecule has 0 aromatic heterocycles. The summed E-state index contributed by atoms with van der Waals surface area (Å²) in [5.74, 6) is -0.606. The fraction of sp³-hybridized carbons (Fsp3) is 0.417. The van der Waals surface area contributed by atoms with Crippen molar-refractivity contribution in [1.82, 2.24) is 0 Å². The molecule has 0 spiro atoms. The number of amides is 1. The number of hydrogen-bond acceptors (Lipinski definition) is 2. The minimum atomic E-state index is -0.404. The molecule has 1 aliphatic rings. The highest BCUT2D eigenvalue weighted by atomic mass is 35.5. The highest BCUT2D eigenvalue weighted by molar-refractivity contribution is 5.92. The van der Waals surface area contributed by atoms with Gasteiger partial charge in [-0.3, -0.25) is 4.79 Å². The topological polar surface area (TPSA) is 55.1 Å². The van der Waals surface area contributed by atoms with Crippen LogP contribution in [0, 0.1) is 11.7 Å². The number of carbonyl (C=O) groups is 1. The number of para-hydroxylation sites is 1. The molecule has 3 N–H and O–H groups in total. The average Bonchev–Trinajstić information content (AvgIpc) is 2.68. The molecule has 2 rings (SSSR count). The van der Waals surface area contributed by atoms with Crippen LogP contribution in [0.5, 0.6) is 0 Å². The van der Waals surface area contributed by atoms with Crippen LogP contribution in [0.25, 0.3) is 0 Å². The number of nitrogens with two attached hydrogens (primary N) is 1. The highest BCUT2D eigenvalue weighted by Gasteiger charge is 2.27. The molecule has 1 aromatic rings. The zero-order valence-corrected chi connectivity index (χ0v) is 10.2. The summed E-state index contributed by atoms with van der Waals surface area (Å²) in [4.78, 5) is 11.8. The highest BCUT2D eigenvalue weighted by Crippen LogP contribution is 2.25. The van der Waals surface area contributed by atoms with Crippen LogP contribution in [0.4, 0.5) is 10.1 Å². The summed E-state index contributed by atoms with van der Waals surface area (Å²) >= 11 is 0. The Hall–Kier alpha value is -1.13. The average molecular weight is 259 g/mol. The van der Waals surface area contributed by atoms with Crippen molar-refractivity contribution in [1.29, 1.82) is 0 Å². The smallest absolute Gasteiger partial charge is 0.227 e. The Morgan fingerprint density at radius 2 is 2.06 bits per heavy atom. The van der Waals surface area contributed by atoms with Gasteiger partial charge >= 0.3 is 0 Å². The first-order valence-electron chi connectivity index (χ1n) is 5.48. The quantitative estimate of drug-likeness (QED) is 0.855. The molecule has 0 radical (unpaired) electrons. The lowest BCUT2D eigenvalue weighted by molar-refractivity contribution is -0.119. The van der Waals surface area contributed by atoms with E-state index in [4.69, 9.17) is 5.73 Å². The van der Waals surface area contributed by atoms with E-state index >= 15 is 0 Å². The van der Waals surface area contributed by atoms with E-state index in [0.717, 1.165) is 12.8 Å². The Bertz CT molecular complexity index is 400. The van der Waals surface area contributed by atoms with Crippen molar-refractivity contribution in [3.8, 4) is 0 Å². The van der Waals surface area contributed by atoms with Crippen LogP contribution in [0.15, 0.2) is 24.3 Å². The molecule has 0 heterocycles.